The fourth-order valence-electron chi connectivity index (χ4n) is 2.14. The van der Waals surface area contributed by atoms with Crippen molar-refractivity contribution in [2.45, 2.75) is 33.1 Å². The van der Waals surface area contributed by atoms with Crippen LogP contribution in [0.1, 0.15) is 42.3 Å². The van der Waals surface area contributed by atoms with E-state index in [1.165, 1.54) is 5.56 Å². The number of benzene rings is 2. The van der Waals surface area contributed by atoms with E-state index in [0.717, 1.165) is 15.7 Å². The molecule has 0 radical (unpaired) electrons. The summed E-state index contributed by atoms with van der Waals surface area (Å²) < 4.78 is 0.978. The number of hydrogen-bond acceptors (Lipinski definition) is 1. The van der Waals surface area contributed by atoms with Gasteiger partial charge in [0, 0.05) is 15.7 Å². The maximum absolute atomic E-state index is 12.4. The molecule has 0 aliphatic rings. The molecular formula is C18H20BrNO. The molecule has 1 amide bonds. The molecule has 3 heteroatoms. The lowest BCUT2D eigenvalue weighted by Crippen LogP contribution is -2.15. The number of hydrogen-bond donors (Lipinski definition) is 1. The summed E-state index contributed by atoms with van der Waals surface area (Å²) >= 11 is 3.41. The van der Waals surface area contributed by atoms with Gasteiger partial charge in [0.2, 0.25) is 0 Å². The maximum atomic E-state index is 12.4. The van der Waals surface area contributed by atoms with Crippen LogP contribution in [-0.4, -0.2) is 5.91 Å². The summed E-state index contributed by atoms with van der Waals surface area (Å²) in [6.07, 6.45) is 0. The van der Waals surface area contributed by atoms with Gasteiger partial charge in [-0.05, 0) is 53.8 Å². The van der Waals surface area contributed by atoms with E-state index in [0.29, 0.717) is 5.56 Å². The molecule has 0 aliphatic carbocycles. The number of amides is 1. The molecule has 0 spiro atoms. The van der Waals surface area contributed by atoms with E-state index in [9.17, 15) is 4.79 Å². The van der Waals surface area contributed by atoms with Gasteiger partial charge in [-0.15, -0.1) is 0 Å². The quantitative estimate of drug-likeness (QED) is 0.785. The number of anilines is 1. The van der Waals surface area contributed by atoms with Gasteiger partial charge < -0.3 is 5.32 Å². The minimum atomic E-state index is -0.0777. The highest BCUT2D eigenvalue weighted by atomic mass is 79.9. The minimum absolute atomic E-state index is 0.0638. The molecule has 1 N–H and O–H groups in total. The summed E-state index contributed by atoms with van der Waals surface area (Å²) in [5, 5.41) is 2.98. The predicted molar refractivity (Wildman–Crippen MR) is 92.0 cm³/mol. The summed E-state index contributed by atoms with van der Waals surface area (Å²) in [5.74, 6) is -0.0777. The van der Waals surface area contributed by atoms with Gasteiger partial charge in [-0.3, -0.25) is 4.79 Å². The minimum Gasteiger partial charge on any atom is -0.322 e. The Kier molecular flexibility index (Phi) is 4.52. The fourth-order valence-corrected chi connectivity index (χ4v) is 2.62. The van der Waals surface area contributed by atoms with Crippen molar-refractivity contribution in [3.05, 3.63) is 63.6 Å². The first-order valence-corrected chi connectivity index (χ1v) is 7.75. The molecule has 0 atom stereocenters. The second-order valence-electron chi connectivity index (χ2n) is 6.24. The van der Waals surface area contributed by atoms with E-state index in [1.54, 1.807) is 0 Å². The number of carbonyl (C=O) groups excluding carboxylic acids is 1. The van der Waals surface area contributed by atoms with E-state index in [2.05, 4.69) is 48.1 Å². The zero-order valence-corrected chi connectivity index (χ0v) is 14.4. The Balaban J connectivity index is 2.24. The van der Waals surface area contributed by atoms with Crippen LogP contribution in [0.3, 0.4) is 0 Å². The maximum Gasteiger partial charge on any atom is 0.255 e. The molecule has 2 aromatic carbocycles. The summed E-state index contributed by atoms with van der Waals surface area (Å²) in [6.45, 7) is 8.41. The SMILES string of the molecule is Cc1cc(Br)ccc1C(=O)Nc1cccc(C(C)(C)C)c1. The lowest BCUT2D eigenvalue weighted by atomic mass is 9.87. The van der Waals surface area contributed by atoms with Crippen molar-refractivity contribution in [3.63, 3.8) is 0 Å². The van der Waals surface area contributed by atoms with E-state index >= 15 is 0 Å². The molecule has 0 fully saturated rings. The first kappa shape index (κ1) is 15.8. The Bertz CT molecular complexity index is 671. The molecule has 21 heavy (non-hydrogen) atoms. The highest BCUT2D eigenvalue weighted by Crippen LogP contribution is 2.25. The molecular weight excluding hydrogens is 326 g/mol. The van der Waals surface area contributed by atoms with E-state index in [-0.39, 0.29) is 11.3 Å². The molecule has 0 saturated carbocycles. The molecule has 2 nitrogen and oxygen atoms in total. The van der Waals surface area contributed by atoms with Crippen molar-refractivity contribution in [1.29, 1.82) is 0 Å². The van der Waals surface area contributed by atoms with E-state index in [1.807, 2.05) is 43.3 Å². The Morgan fingerprint density at radius 1 is 1.10 bits per heavy atom. The molecule has 2 aromatic rings. The Labute approximate surface area is 134 Å². The average Bonchev–Trinajstić information content (AvgIpc) is 2.37. The zero-order valence-electron chi connectivity index (χ0n) is 12.8. The highest BCUT2D eigenvalue weighted by Gasteiger charge is 2.15. The number of halogens is 1. The van der Waals surface area contributed by atoms with Crippen LogP contribution in [0.4, 0.5) is 5.69 Å². The van der Waals surface area contributed by atoms with E-state index in [4.69, 9.17) is 0 Å². The summed E-state index contributed by atoms with van der Waals surface area (Å²) in [7, 11) is 0. The van der Waals surface area contributed by atoms with Gasteiger partial charge in [0.05, 0.1) is 0 Å². The third kappa shape index (κ3) is 3.94. The van der Waals surface area contributed by atoms with Gasteiger partial charge in [-0.2, -0.15) is 0 Å². The molecule has 2 rings (SSSR count). The monoisotopic (exact) mass is 345 g/mol. The van der Waals surface area contributed by atoms with Gasteiger partial charge >= 0.3 is 0 Å². The lowest BCUT2D eigenvalue weighted by Gasteiger charge is -2.20. The highest BCUT2D eigenvalue weighted by molar-refractivity contribution is 9.10. The van der Waals surface area contributed by atoms with Gasteiger partial charge in [0.15, 0.2) is 0 Å². The number of nitrogens with one attached hydrogen (secondary N) is 1. The van der Waals surface area contributed by atoms with Crippen LogP contribution in [0.25, 0.3) is 0 Å². The normalized spacial score (nSPS) is 11.3. The third-order valence-corrected chi connectivity index (χ3v) is 3.91. The van der Waals surface area contributed by atoms with Crippen molar-refractivity contribution in [1.82, 2.24) is 0 Å². The summed E-state index contributed by atoms with van der Waals surface area (Å²) in [5.41, 5.74) is 3.74. The number of rotatable bonds is 2. The Morgan fingerprint density at radius 2 is 1.81 bits per heavy atom. The smallest absolute Gasteiger partial charge is 0.255 e. The van der Waals surface area contributed by atoms with Crippen LogP contribution in [0.5, 0.6) is 0 Å². The van der Waals surface area contributed by atoms with Crippen LogP contribution in [0.15, 0.2) is 46.9 Å². The molecule has 0 unspecified atom stereocenters. The molecule has 0 aromatic heterocycles. The third-order valence-electron chi connectivity index (χ3n) is 3.42. The van der Waals surface area contributed by atoms with E-state index < -0.39 is 0 Å². The number of carbonyl (C=O) groups is 1. The molecule has 0 saturated heterocycles. The average molecular weight is 346 g/mol. The second kappa shape index (κ2) is 6.02. The van der Waals surface area contributed by atoms with Crippen LogP contribution in [0.2, 0.25) is 0 Å². The molecule has 0 aliphatic heterocycles. The summed E-state index contributed by atoms with van der Waals surface area (Å²) in [4.78, 5) is 12.4. The summed E-state index contributed by atoms with van der Waals surface area (Å²) in [6, 6.07) is 13.7. The standard InChI is InChI=1S/C18H20BrNO/c1-12-10-14(19)8-9-16(12)17(21)20-15-7-5-6-13(11-15)18(2,3)4/h5-11H,1-4H3,(H,20,21). The van der Waals surface area contributed by atoms with Crippen LogP contribution < -0.4 is 5.32 Å². The van der Waals surface area contributed by atoms with Crippen molar-refractivity contribution < 1.29 is 4.79 Å². The predicted octanol–water partition coefficient (Wildman–Crippen LogP) is 5.31. The lowest BCUT2D eigenvalue weighted by molar-refractivity contribution is 0.102. The van der Waals surface area contributed by atoms with Gasteiger partial charge in [0.25, 0.3) is 5.91 Å². The largest absolute Gasteiger partial charge is 0.322 e. The van der Waals surface area contributed by atoms with Gasteiger partial charge in [-0.1, -0.05) is 48.8 Å². The zero-order chi connectivity index (χ0) is 15.6. The second-order valence-corrected chi connectivity index (χ2v) is 7.16. The topological polar surface area (TPSA) is 29.1 Å². The Hall–Kier alpha value is -1.61. The van der Waals surface area contributed by atoms with Crippen molar-refractivity contribution in [2.24, 2.45) is 0 Å². The van der Waals surface area contributed by atoms with Crippen LogP contribution in [-0.2, 0) is 5.41 Å². The number of aryl methyl sites for hydroxylation is 1. The first-order chi connectivity index (χ1) is 9.77. The molecule has 0 heterocycles. The Morgan fingerprint density at radius 3 is 2.43 bits per heavy atom. The molecule has 0 bridgehead atoms. The van der Waals surface area contributed by atoms with Gasteiger partial charge in [-0.25, -0.2) is 0 Å². The molecule has 110 valence electrons. The van der Waals surface area contributed by atoms with Crippen molar-refractivity contribution in [2.75, 3.05) is 5.32 Å². The van der Waals surface area contributed by atoms with Crippen LogP contribution >= 0.6 is 15.9 Å². The van der Waals surface area contributed by atoms with Gasteiger partial charge in [0.1, 0.15) is 0 Å². The van der Waals surface area contributed by atoms with Crippen molar-refractivity contribution in [3.8, 4) is 0 Å². The van der Waals surface area contributed by atoms with Crippen molar-refractivity contribution >= 4 is 27.5 Å². The first-order valence-electron chi connectivity index (χ1n) is 6.95. The van der Waals surface area contributed by atoms with Crippen LogP contribution in [0, 0.1) is 6.92 Å². The fraction of sp³-hybridized carbons (Fsp3) is 0.278.